The van der Waals surface area contributed by atoms with Crippen molar-refractivity contribution < 1.29 is 0 Å². The molecule has 10 aromatic rings. The fourth-order valence-electron chi connectivity index (χ4n) is 9.08. The van der Waals surface area contributed by atoms with Gasteiger partial charge in [-0.05, 0) is 160 Å². The molecular weight excluding hydrogens is 813 g/mol. The van der Waals surface area contributed by atoms with Gasteiger partial charge in [0, 0.05) is 35.3 Å². The van der Waals surface area contributed by atoms with Gasteiger partial charge in [-0.15, -0.1) is 0 Å². The number of hydrogen-bond donors (Lipinski definition) is 0. The number of hydrogen-bond acceptors (Lipinski definition) is 4. The molecule has 0 amide bonds. The maximum absolute atomic E-state index is 9.40. The molecule has 0 atom stereocenters. The summed E-state index contributed by atoms with van der Waals surface area (Å²) in [5.74, 6) is 0. The van der Waals surface area contributed by atoms with E-state index in [1.807, 2.05) is 79.3 Å². The third-order valence-electron chi connectivity index (χ3n) is 12.7. The maximum atomic E-state index is 9.40. The van der Waals surface area contributed by atoms with Crippen LogP contribution >= 0.6 is 0 Å². The first kappa shape index (κ1) is 42.4. The Hall–Kier alpha value is -8.52. The Morgan fingerprint density at radius 1 is 0.328 bits per heavy atom. The third-order valence-corrected chi connectivity index (χ3v) is 12.7. The molecule has 0 fully saturated rings. The van der Waals surface area contributed by atoms with E-state index in [0.29, 0.717) is 5.56 Å². The molecule has 0 radical (unpaired) electrons. The van der Waals surface area contributed by atoms with Crippen molar-refractivity contribution in [3.63, 3.8) is 0 Å². The van der Waals surface area contributed by atoms with E-state index in [2.05, 4.69) is 169 Å². The molecule has 0 aliphatic heterocycles. The quantitative estimate of drug-likeness (QED) is 0.116. The lowest BCUT2D eigenvalue weighted by molar-refractivity contribution is 0.931. The maximum Gasteiger partial charge on any atom is 0.0991 e. The molecule has 4 nitrogen and oxygen atoms in total. The molecule has 0 unspecified atom stereocenters. The van der Waals surface area contributed by atoms with E-state index in [1.54, 1.807) is 0 Å². The summed E-state index contributed by atoms with van der Waals surface area (Å²) >= 11 is 0. The summed E-state index contributed by atoms with van der Waals surface area (Å²) in [6.45, 7) is 2.19. The van der Waals surface area contributed by atoms with E-state index in [0.717, 1.165) is 87.3 Å². The molecule has 7 aromatic carbocycles. The van der Waals surface area contributed by atoms with E-state index in [1.165, 1.54) is 44.5 Å². The molecule has 10 rings (SSSR count). The van der Waals surface area contributed by atoms with Gasteiger partial charge < -0.3 is 0 Å². The fraction of sp³-hybridized carbons (Fsp3) is 0.0794. The zero-order chi connectivity index (χ0) is 45.4. The molecule has 0 aliphatic rings. The average Bonchev–Trinajstić information content (AvgIpc) is 3.40. The van der Waals surface area contributed by atoms with Gasteiger partial charge >= 0.3 is 0 Å². The zero-order valence-electron chi connectivity index (χ0n) is 37.5. The lowest BCUT2D eigenvalue weighted by Gasteiger charge is -2.19. The standard InChI is InChI=1S/C63H48N4/c1-44-38-53(50-25-23-47(43-64)24-26-50)31-33-56(44)60-42-54(63-14-6-9-37-67-63)32-34-59(60)58-11-3-2-10-57(58)55-40-48(17-15-45-19-27-51(28-20-45)61-12-4-7-35-65-61)39-49(41-55)18-16-46-21-29-52(30-22-46)62-13-5-8-36-66-62/h2-14,19-42H,15-18H2,1H3. The first-order valence-corrected chi connectivity index (χ1v) is 22.9. The van der Waals surface area contributed by atoms with Crippen LogP contribution < -0.4 is 0 Å². The monoisotopic (exact) mass is 860 g/mol. The molecule has 0 bridgehead atoms. The number of aryl methyl sites for hydroxylation is 5. The summed E-state index contributed by atoms with van der Waals surface area (Å²) in [4.78, 5) is 13.9. The van der Waals surface area contributed by atoms with Crippen molar-refractivity contribution in [3.8, 4) is 84.3 Å². The Morgan fingerprint density at radius 2 is 0.776 bits per heavy atom. The van der Waals surface area contributed by atoms with E-state index >= 15 is 0 Å². The molecule has 3 aromatic heterocycles. The topological polar surface area (TPSA) is 62.5 Å². The summed E-state index contributed by atoms with van der Waals surface area (Å²) in [5, 5.41) is 9.40. The van der Waals surface area contributed by atoms with Crippen LogP contribution in [0.1, 0.15) is 33.4 Å². The Bertz CT molecular complexity index is 3210. The number of rotatable bonds is 13. The molecule has 4 heteroatoms. The van der Waals surface area contributed by atoms with E-state index in [-0.39, 0.29) is 0 Å². The van der Waals surface area contributed by atoms with E-state index in [9.17, 15) is 5.26 Å². The minimum Gasteiger partial charge on any atom is -0.256 e. The van der Waals surface area contributed by atoms with E-state index < -0.39 is 0 Å². The first-order chi connectivity index (χ1) is 33.0. The normalized spacial score (nSPS) is 11.0. The Kier molecular flexibility index (Phi) is 12.5. The van der Waals surface area contributed by atoms with Gasteiger partial charge in [-0.2, -0.15) is 5.26 Å². The Morgan fingerprint density at radius 3 is 1.30 bits per heavy atom. The molecule has 0 saturated heterocycles. The first-order valence-electron chi connectivity index (χ1n) is 22.9. The van der Waals surface area contributed by atoms with Crippen LogP contribution in [0, 0.1) is 18.3 Å². The minimum absolute atomic E-state index is 0.656. The van der Waals surface area contributed by atoms with Crippen molar-refractivity contribution >= 4 is 0 Å². The smallest absolute Gasteiger partial charge is 0.0991 e. The Labute approximate surface area is 393 Å². The van der Waals surface area contributed by atoms with Crippen LogP contribution in [0.25, 0.3) is 78.3 Å². The van der Waals surface area contributed by atoms with Crippen LogP contribution in [-0.4, -0.2) is 15.0 Å². The third kappa shape index (κ3) is 9.78. The second-order valence-electron chi connectivity index (χ2n) is 17.1. The van der Waals surface area contributed by atoms with Crippen LogP contribution in [0.15, 0.2) is 225 Å². The van der Waals surface area contributed by atoms with Gasteiger partial charge in [-0.25, -0.2) is 0 Å². The van der Waals surface area contributed by atoms with Crippen LogP contribution in [0.5, 0.6) is 0 Å². The van der Waals surface area contributed by atoms with Crippen molar-refractivity contribution in [1.29, 1.82) is 5.26 Å². The highest BCUT2D eigenvalue weighted by atomic mass is 14.7. The van der Waals surface area contributed by atoms with Gasteiger partial charge in [0.1, 0.15) is 0 Å². The lowest BCUT2D eigenvalue weighted by Crippen LogP contribution is -1.98. The molecule has 3 heterocycles. The summed E-state index contributed by atoms with van der Waals surface area (Å²) in [5.41, 5.74) is 22.6. The SMILES string of the molecule is Cc1cc(-c2ccc(C#N)cc2)ccc1-c1cc(-c2ccccn2)ccc1-c1ccccc1-c1cc(CCc2ccc(-c3ccccn3)cc2)cc(CCc2ccc(-c3ccccn3)cc2)c1. The van der Waals surface area contributed by atoms with Crippen molar-refractivity contribution in [2.75, 3.05) is 0 Å². The second kappa shape index (κ2) is 19.7. The van der Waals surface area contributed by atoms with Crippen LogP contribution in [-0.2, 0) is 25.7 Å². The number of benzene rings is 7. The van der Waals surface area contributed by atoms with Crippen LogP contribution in [0.4, 0.5) is 0 Å². The van der Waals surface area contributed by atoms with Crippen molar-refractivity contribution in [2.24, 2.45) is 0 Å². The summed E-state index contributed by atoms with van der Waals surface area (Å²) in [6, 6.07) is 75.6. The number of aromatic nitrogens is 3. The fourth-order valence-corrected chi connectivity index (χ4v) is 9.08. The van der Waals surface area contributed by atoms with Crippen molar-refractivity contribution in [1.82, 2.24) is 15.0 Å². The second-order valence-corrected chi connectivity index (χ2v) is 17.1. The molecule has 67 heavy (non-hydrogen) atoms. The predicted molar refractivity (Wildman–Crippen MR) is 275 cm³/mol. The van der Waals surface area contributed by atoms with Crippen LogP contribution in [0.2, 0.25) is 0 Å². The highest BCUT2D eigenvalue weighted by Gasteiger charge is 2.18. The lowest BCUT2D eigenvalue weighted by atomic mass is 9.85. The van der Waals surface area contributed by atoms with Gasteiger partial charge in [0.05, 0.1) is 28.7 Å². The highest BCUT2D eigenvalue weighted by Crippen LogP contribution is 2.42. The minimum atomic E-state index is 0.656. The number of nitrogens with zero attached hydrogens (tertiary/aromatic N) is 4. The van der Waals surface area contributed by atoms with Gasteiger partial charge in [0.15, 0.2) is 0 Å². The number of pyridine rings is 3. The molecular formula is C63H48N4. The molecule has 0 saturated carbocycles. The van der Waals surface area contributed by atoms with Crippen molar-refractivity contribution in [2.45, 2.75) is 32.6 Å². The van der Waals surface area contributed by atoms with Crippen molar-refractivity contribution in [3.05, 3.63) is 258 Å². The summed E-state index contributed by atoms with van der Waals surface area (Å²) in [7, 11) is 0. The molecule has 0 aliphatic carbocycles. The van der Waals surface area contributed by atoms with Gasteiger partial charge in [-0.1, -0.05) is 152 Å². The largest absolute Gasteiger partial charge is 0.256 e. The average molecular weight is 861 g/mol. The van der Waals surface area contributed by atoms with Gasteiger partial charge in [-0.3, -0.25) is 15.0 Å². The predicted octanol–water partition coefficient (Wildman–Crippen LogP) is 15.3. The summed E-state index contributed by atoms with van der Waals surface area (Å²) in [6.07, 6.45) is 9.24. The highest BCUT2D eigenvalue weighted by molar-refractivity contribution is 5.94. The molecule has 0 spiro atoms. The molecule has 0 N–H and O–H groups in total. The zero-order valence-corrected chi connectivity index (χ0v) is 37.5. The summed E-state index contributed by atoms with van der Waals surface area (Å²) < 4.78 is 0. The molecule has 320 valence electrons. The van der Waals surface area contributed by atoms with Gasteiger partial charge in [0.2, 0.25) is 0 Å². The Balaban J connectivity index is 1.02. The number of nitriles is 1. The van der Waals surface area contributed by atoms with Crippen LogP contribution in [0.3, 0.4) is 0 Å². The van der Waals surface area contributed by atoms with E-state index in [4.69, 9.17) is 4.98 Å². The van der Waals surface area contributed by atoms with Gasteiger partial charge in [0.25, 0.3) is 0 Å².